The molecule has 4 heteroatoms. The molecule has 2 rings (SSSR count). The Balaban J connectivity index is 2.08. The third-order valence-corrected chi connectivity index (χ3v) is 3.35. The maximum atomic E-state index is 9.18. The second-order valence-electron chi connectivity index (χ2n) is 4.71. The Hall–Kier alpha value is -1.10. The Bertz CT molecular complexity index is 549. The molecular formula is C15H18BrNO2. The summed E-state index contributed by atoms with van der Waals surface area (Å²) in [5.74, 6) is 1.75. The minimum absolute atomic E-state index is 0.344. The number of benzene rings is 1. The first-order valence-corrected chi connectivity index (χ1v) is 7.09. The molecule has 0 spiro atoms. The zero-order valence-corrected chi connectivity index (χ0v) is 12.7. The van der Waals surface area contributed by atoms with Gasteiger partial charge < -0.3 is 14.8 Å². The molecule has 0 amide bonds. The van der Waals surface area contributed by atoms with Gasteiger partial charge in [0.1, 0.15) is 11.5 Å². The number of hydrogen-bond donors (Lipinski definition) is 2. The summed E-state index contributed by atoms with van der Waals surface area (Å²) < 4.78 is 6.88. The van der Waals surface area contributed by atoms with E-state index in [-0.39, 0.29) is 6.10 Å². The molecule has 1 aromatic heterocycles. The highest BCUT2D eigenvalue weighted by atomic mass is 79.9. The Morgan fingerprint density at radius 2 is 2.11 bits per heavy atom. The molecule has 0 radical (unpaired) electrons. The van der Waals surface area contributed by atoms with E-state index in [1.165, 1.54) is 5.56 Å². The molecule has 3 nitrogen and oxygen atoms in total. The Labute approximate surface area is 121 Å². The van der Waals surface area contributed by atoms with E-state index in [4.69, 9.17) is 4.42 Å². The normalized spacial score (nSPS) is 12.6. The first-order chi connectivity index (χ1) is 9.06. The smallest absolute Gasteiger partial charge is 0.134 e. The second-order valence-corrected chi connectivity index (χ2v) is 5.62. The van der Waals surface area contributed by atoms with Crippen LogP contribution in [-0.4, -0.2) is 17.8 Å². The number of halogens is 1. The van der Waals surface area contributed by atoms with Crippen molar-refractivity contribution < 1.29 is 9.52 Å². The minimum atomic E-state index is -0.344. The number of nitrogens with one attached hydrogen (secondary N) is 1. The fraction of sp³-hybridized carbons (Fsp3) is 0.333. The van der Waals surface area contributed by atoms with Gasteiger partial charge >= 0.3 is 0 Å². The average molecular weight is 324 g/mol. The van der Waals surface area contributed by atoms with Gasteiger partial charge in [-0.3, -0.25) is 0 Å². The summed E-state index contributed by atoms with van der Waals surface area (Å²) in [6, 6.07) is 10.1. The molecule has 0 saturated heterocycles. The Kier molecular flexibility index (Phi) is 4.80. The molecule has 0 aliphatic carbocycles. The van der Waals surface area contributed by atoms with Crippen LogP contribution in [0.4, 0.5) is 0 Å². The van der Waals surface area contributed by atoms with Crippen LogP contribution in [0.25, 0.3) is 11.3 Å². The summed E-state index contributed by atoms with van der Waals surface area (Å²) in [4.78, 5) is 0. The fourth-order valence-electron chi connectivity index (χ4n) is 1.93. The van der Waals surface area contributed by atoms with Gasteiger partial charge in [0, 0.05) is 16.6 Å². The van der Waals surface area contributed by atoms with Gasteiger partial charge in [-0.15, -0.1) is 0 Å². The van der Waals surface area contributed by atoms with Crippen molar-refractivity contribution in [3.8, 4) is 11.3 Å². The summed E-state index contributed by atoms with van der Waals surface area (Å²) in [6.07, 6.45) is -0.344. The van der Waals surface area contributed by atoms with Crippen molar-refractivity contribution in [2.75, 3.05) is 6.54 Å². The van der Waals surface area contributed by atoms with Crippen LogP contribution in [0.3, 0.4) is 0 Å². The predicted octanol–water partition coefficient (Wildman–Crippen LogP) is 3.49. The lowest BCUT2D eigenvalue weighted by molar-refractivity contribution is 0.190. The van der Waals surface area contributed by atoms with Gasteiger partial charge in [0.25, 0.3) is 0 Å². The molecule has 0 aliphatic heterocycles. The number of hydrogen-bond acceptors (Lipinski definition) is 3. The molecular weight excluding hydrogens is 306 g/mol. The summed E-state index contributed by atoms with van der Waals surface area (Å²) >= 11 is 3.46. The molecule has 1 heterocycles. The number of aliphatic hydroxyl groups excluding tert-OH is 1. The van der Waals surface area contributed by atoms with Crippen molar-refractivity contribution in [1.82, 2.24) is 5.32 Å². The van der Waals surface area contributed by atoms with Crippen LogP contribution in [0.5, 0.6) is 0 Å². The highest BCUT2D eigenvalue weighted by Crippen LogP contribution is 2.27. The number of furan rings is 1. The van der Waals surface area contributed by atoms with Gasteiger partial charge in [-0.25, -0.2) is 0 Å². The first kappa shape index (κ1) is 14.3. The lowest BCUT2D eigenvalue weighted by Gasteiger charge is -2.05. The SMILES string of the molecule is Cc1cc(Br)ccc1-c1ccc(CNC[C@H](C)O)o1. The van der Waals surface area contributed by atoms with Crippen molar-refractivity contribution in [3.63, 3.8) is 0 Å². The lowest BCUT2D eigenvalue weighted by Crippen LogP contribution is -2.23. The highest BCUT2D eigenvalue weighted by Gasteiger charge is 2.08. The zero-order valence-electron chi connectivity index (χ0n) is 11.1. The summed E-state index contributed by atoms with van der Waals surface area (Å²) in [5.41, 5.74) is 2.28. The fourth-order valence-corrected chi connectivity index (χ4v) is 2.40. The van der Waals surface area contributed by atoms with E-state index in [1.54, 1.807) is 6.92 Å². The first-order valence-electron chi connectivity index (χ1n) is 6.30. The lowest BCUT2D eigenvalue weighted by atomic mass is 10.1. The van der Waals surface area contributed by atoms with Gasteiger partial charge in [0.2, 0.25) is 0 Å². The van der Waals surface area contributed by atoms with Gasteiger partial charge in [0.05, 0.1) is 12.6 Å². The third kappa shape index (κ3) is 3.93. The van der Waals surface area contributed by atoms with E-state index in [1.807, 2.05) is 24.3 Å². The van der Waals surface area contributed by atoms with Gasteiger partial charge in [0.15, 0.2) is 0 Å². The molecule has 102 valence electrons. The van der Waals surface area contributed by atoms with E-state index < -0.39 is 0 Å². The Morgan fingerprint density at radius 1 is 1.32 bits per heavy atom. The molecule has 1 aromatic carbocycles. The maximum Gasteiger partial charge on any atom is 0.134 e. The van der Waals surface area contributed by atoms with Crippen molar-refractivity contribution >= 4 is 15.9 Å². The summed E-state index contributed by atoms with van der Waals surface area (Å²) in [5, 5.41) is 12.3. The van der Waals surface area contributed by atoms with Gasteiger partial charge in [-0.2, -0.15) is 0 Å². The van der Waals surface area contributed by atoms with Crippen LogP contribution in [0, 0.1) is 6.92 Å². The number of aliphatic hydroxyl groups is 1. The molecule has 2 aromatic rings. The van der Waals surface area contributed by atoms with Crippen LogP contribution in [0.1, 0.15) is 18.2 Å². The average Bonchev–Trinajstić information content (AvgIpc) is 2.77. The molecule has 0 bridgehead atoms. The standard InChI is InChI=1S/C15H18BrNO2/c1-10-7-12(16)3-5-14(10)15-6-4-13(19-15)9-17-8-11(2)18/h3-7,11,17-18H,8-9H2,1-2H3/t11-/m0/s1. The van der Waals surface area contributed by atoms with Gasteiger partial charge in [-0.05, 0) is 49.7 Å². The van der Waals surface area contributed by atoms with Crippen molar-refractivity contribution in [2.45, 2.75) is 26.5 Å². The molecule has 0 aliphatic rings. The Morgan fingerprint density at radius 3 is 2.79 bits per heavy atom. The quantitative estimate of drug-likeness (QED) is 0.885. The second kappa shape index (κ2) is 6.37. The van der Waals surface area contributed by atoms with Crippen molar-refractivity contribution in [3.05, 3.63) is 46.1 Å². The third-order valence-electron chi connectivity index (χ3n) is 2.85. The van der Waals surface area contributed by atoms with Crippen LogP contribution < -0.4 is 5.32 Å². The molecule has 1 atom stereocenters. The van der Waals surface area contributed by atoms with E-state index in [0.29, 0.717) is 13.1 Å². The topological polar surface area (TPSA) is 45.4 Å². The molecule has 0 saturated carbocycles. The van der Waals surface area contributed by atoms with E-state index in [2.05, 4.69) is 34.2 Å². The van der Waals surface area contributed by atoms with E-state index in [0.717, 1.165) is 21.6 Å². The number of aryl methyl sites for hydroxylation is 1. The van der Waals surface area contributed by atoms with Crippen LogP contribution in [0.15, 0.2) is 39.2 Å². The van der Waals surface area contributed by atoms with Crippen molar-refractivity contribution in [2.24, 2.45) is 0 Å². The van der Waals surface area contributed by atoms with Crippen LogP contribution >= 0.6 is 15.9 Å². The van der Waals surface area contributed by atoms with E-state index in [9.17, 15) is 5.11 Å². The monoisotopic (exact) mass is 323 g/mol. The summed E-state index contributed by atoms with van der Waals surface area (Å²) in [6.45, 7) is 5.01. The number of rotatable bonds is 5. The molecule has 0 fully saturated rings. The highest BCUT2D eigenvalue weighted by molar-refractivity contribution is 9.10. The maximum absolute atomic E-state index is 9.18. The summed E-state index contributed by atoms with van der Waals surface area (Å²) in [7, 11) is 0. The largest absolute Gasteiger partial charge is 0.460 e. The molecule has 2 N–H and O–H groups in total. The predicted molar refractivity (Wildman–Crippen MR) is 80.0 cm³/mol. The molecule has 19 heavy (non-hydrogen) atoms. The molecule has 0 unspecified atom stereocenters. The van der Waals surface area contributed by atoms with Crippen LogP contribution in [0.2, 0.25) is 0 Å². The minimum Gasteiger partial charge on any atom is -0.460 e. The van der Waals surface area contributed by atoms with Crippen molar-refractivity contribution in [1.29, 1.82) is 0 Å². The zero-order chi connectivity index (χ0) is 13.8. The van der Waals surface area contributed by atoms with Gasteiger partial charge in [-0.1, -0.05) is 15.9 Å². The van der Waals surface area contributed by atoms with E-state index >= 15 is 0 Å². The van der Waals surface area contributed by atoms with Crippen LogP contribution in [-0.2, 0) is 6.54 Å².